The van der Waals surface area contributed by atoms with Crippen LogP contribution >= 0.6 is 0 Å². The molecule has 1 radical (unpaired) electrons. The summed E-state index contributed by atoms with van der Waals surface area (Å²) < 4.78 is 0. The quantitative estimate of drug-likeness (QED) is 0.631. The van der Waals surface area contributed by atoms with Crippen molar-refractivity contribution in [1.29, 1.82) is 0 Å². The zero-order valence-electron chi connectivity index (χ0n) is 6.87. The van der Waals surface area contributed by atoms with E-state index in [4.69, 9.17) is 0 Å². The van der Waals surface area contributed by atoms with Gasteiger partial charge in [-0.1, -0.05) is 18.2 Å². The van der Waals surface area contributed by atoms with Crippen molar-refractivity contribution >= 4 is 0 Å². The minimum atomic E-state index is 0.126. The lowest BCUT2D eigenvalue weighted by Gasteiger charge is -2.08. The van der Waals surface area contributed by atoms with Gasteiger partial charge in [-0.15, -0.1) is 0 Å². The molecule has 0 bridgehead atoms. The van der Waals surface area contributed by atoms with Crippen molar-refractivity contribution in [2.75, 3.05) is 14.1 Å². The molecule has 0 aromatic heterocycles. The molecule has 0 N–H and O–H groups in total. The third-order valence-electron chi connectivity index (χ3n) is 1.46. The van der Waals surface area contributed by atoms with Crippen molar-refractivity contribution in [3.05, 3.63) is 29.8 Å². The Balaban J connectivity index is 2.78. The maximum atomic E-state index is 11.1. The van der Waals surface area contributed by atoms with Gasteiger partial charge in [0.25, 0.3) is 0 Å². The van der Waals surface area contributed by atoms with Crippen LogP contribution in [-0.2, 0) is 11.7 Å². The molecule has 1 aromatic rings. The Bertz CT molecular complexity index is 233. The summed E-state index contributed by atoms with van der Waals surface area (Å²) in [6.07, 6.45) is 0. The molecule has 0 amide bonds. The predicted octanol–water partition coefficient (Wildman–Crippen LogP) is 1.89. The molecule has 0 aliphatic carbocycles. The normalized spacial score (nSPS) is 10.5. The Morgan fingerprint density at radius 1 is 1.27 bits per heavy atom. The molecule has 0 atom stereocenters. The third-order valence-corrected chi connectivity index (χ3v) is 1.46. The van der Waals surface area contributed by atoms with Crippen molar-refractivity contribution in [2.24, 2.45) is 0 Å². The van der Waals surface area contributed by atoms with Gasteiger partial charge in [-0.2, -0.15) is 0 Å². The summed E-state index contributed by atoms with van der Waals surface area (Å²) in [5, 5.41) is 11.1. The molecule has 0 aliphatic rings. The highest BCUT2D eigenvalue weighted by molar-refractivity contribution is 5.31. The smallest absolute Gasteiger partial charge is 0.183 e. The van der Waals surface area contributed by atoms with Gasteiger partial charge in [-0.3, -0.25) is 5.11 Å². The first kappa shape index (κ1) is 8.08. The van der Waals surface area contributed by atoms with E-state index in [-0.39, 0.29) is 5.75 Å². The van der Waals surface area contributed by atoms with Gasteiger partial charge in [0.2, 0.25) is 0 Å². The third kappa shape index (κ3) is 2.24. The highest BCUT2D eigenvalue weighted by Crippen LogP contribution is 2.16. The Labute approximate surface area is 67.1 Å². The van der Waals surface area contributed by atoms with E-state index < -0.39 is 0 Å². The van der Waals surface area contributed by atoms with E-state index in [1.165, 1.54) is 0 Å². The Morgan fingerprint density at radius 3 is 2.45 bits per heavy atom. The van der Waals surface area contributed by atoms with E-state index in [1.807, 2.05) is 31.1 Å². The van der Waals surface area contributed by atoms with Gasteiger partial charge in [0.1, 0.15) is 0 Å². The van der Waals surface area contributed by atoms with Crippen molar-refractivity contribution in [1.82, 2.24) is 4.90 Å². The van der Waals surface area contributed by atoms with Crippen LogP contribution in [0.4, 0.5) is 0 Å². The number of benzene rings is 1. The molecular weight excluding hydrogens is 138 g/mol. The molecule has 0 heterocycles. The number of rotatable bonds is 2. The lowest BCUT2D eigenvalue weighted by molar-refractivity contribution is 0.333. The van der Waals surface area contributed by atoms with Crippen LogP contribution < -0.4 is 0 Å². The van der Waals surface area contributed by atoms with E-state index in [0.717, 1.165) is 12.1 Å². The second kappa shape index (κ2) is 3.39. The van der Waals surface area contributed by atoms with Gasteiger partial charge in [-0.25, -0.2) is 0 Å². The summed E-state index contributed by atoms with van der Waals surface area (Å²) in [5.74, 6) is 0.126. The van der Waals surface area contributed by atoms with Crippen LogP contribution in [0.2, 0.25) is 0 Å². The summed E-state index contributed by atoms with van der Waals surface area (Å²) in [5.41, 5.74) is 0.859. The van der Waals surface area contributed by atoms with Crippen LogP contribution in [0, 0.1) is 0 Å². The van der Waals surface area contributed by atoms with Crippen LogP contribution in [0.3, 0.4) is 0 Å². The highest BCUT2D eigenvalue weighted by atomic mass is 16.3. The zero-order valence-corrected chi connectivity index (χ0v) is 6.87. The maximum absolute atomic E-state index is 11.1. The average molecular weight is 150 g/mol. The second-order valence-electron chi connectivity index (χ2n) is 2.85. The molecule has 1 rings (SSSR count). The molecule has 11 heavy (non-hydrogen) atoms. The van der Waals surface area contributed by atoms with Gasteiger partial charge in [0.15, 0.2) is 5.75 Å². The number of hydrogen-bond acceptors (Lipinski definition) is 1. The second-order valence-corrected chi connectivity index (χ2v) is 2.85. The van der Waals surface area contributed by atoms with Crippen molar-refractivity contribution in [3.63, 3.8) is 0 Å². The van der Waals surface area contributed by atoms with E-state index in [1.54, 1.807) is 12.1 Å². The fourth-order valence-corrected chi connectivity index (χ4v) is 0.975. The number of para-hydroxylation sites is 1. The molecular formula is C9H12NO. The first-order valence-electron chi connectivity index (χ1n) is 3.60. The summed E-state index contributed by atoms with van der Waals surface area (Å²) in [4.78, 5) is 1.98. The molecule has 0 fully saturated rings. The average Bonchev–Trinajstić information content (AvgIpc) is 1.93. The lowest BCUT2D eigenvalue weighted by atomic mass is 10.2. The van der Waals surface area contributed by atoms with Crippen LogP contribution in [0.1, 0.15) is 5.56 Å². The summed E-state index contributed by atoms with van der Waals surface area (Å²) in [6, 6.07) is 7.11. The van der Waals surface area contributed by atoms with Gasteiger partial charge in [0, 0.05) is 12.1 Å². The summed E-state index contributed by atoms with van der Waals surface area (Å²) >= 11 is 0. The fraction of sp³-hybridized carbons (Fsp3) is 0.333. The van der Waals surface area contributed by atoms with E-state index in [9.17, 15) is 5.11 Å². The maximum Gasteiger partial charge on any atom is 0.183 e. The Morgan fingerprint density at radius 2 is 1.91 bits per heavy atom. The molecule has 0 spiro atoms. The topological polar surface area (TPSA) is 23.1 Å². The van der Waals surface area contributed by atoms with Crippen LogP contribution in [0.25, 0.3) is 0 Å². The van der Waals surface area contributed by atoms with Crippen LogP contribution in [-0.4, -0.2) is 19.0 Å². The monoisotopic (exact) mass is 150 g/mol. The zero-order chi connectivity index (χ0) is 8.27. The molecule has 0 saturated heterocycles. The molecule has 59 valence electrons. The van der Waals surface area contributed by atoms with Gasteiger partial charge in [0.05, 0.1) is 0 Å². The minimum absolute atomic E-state index is 0.126. The largest absolute Gasteiger partial charge is 0.305 e. The lowest BCUT2D eigenvalue weighted by Crippen LogP contribution is -2.10. The summed E-state index contributed by atoms with van der Waals surface area (Å²) in [7, 11) is 3.90. The van der Waals surface area contributed by atoms with Crippen molar-refractivity contribution in [3.8, 4) is 5.75 Å². The molecule has 1 aromatic carbocycles. The minimum Gasteiger partial charge on any atom is -0.305 e. The van der Waals surface area contributed by atoms with Crippen LogP contribution in [0.5, 0.6) is 5.75 Å². The van der Waals surface area contributed by atoms with Crippen LogP contribution in [0.15, 0.2) is 24.3 Å². The van der Waals surface area contributed by atoms with E-state index in [0.29, 0.717) is 0 Å². The number of nitrogens with zero attached hydrogens (tertiary/aromatic N) is 1. The van der Waals surface area contributed by atoms with Gasteiger partial charge >= 0.3 is 0 Å². The molecule has 2 nitrogen and oxygen atoms in total. The Hall–Kier alpha value is -1.02. The van der Waals surface area contributed by atoms with E-state index in [2.05, 4.69) is 0 Å². The van der Waals surface area contributed by atoms with Crippen molar-refractivity contribution in [2.45, 2.75) is 6.54 Å². The first-order valence-corrected chi connectivity index (χ1v) is 3.60. The van der Waals surface area contributed by atoms with Gasteiger partial charge < -0.3 is 4.90 Å². The standard InChI is InChI=1S/C9H12NO/c1-10(2)7-8-5-3-4-6-9(8)11/h3-6H,7H2,1-2H3. The van der Waals surface area contributed by atoms with Gasteiger partial charge in [-0.05, 0) is 20.2 Å². The first-order chi connectivity index (χ1) is 5.20. The SMILES string of the molecule is CN(C)Cc1ccccc1[O]. The Kier molecular flexibility index (Phi) is 2.49. The summed E-state index contributed by atoms with van der Waals surface area (Å²) in [6.45, 7) is 0.722. The molecule has 2 heteroatoms. The molecule has 0 aliphatic heterocycles. The predicted molar refractivity (Wildman–Crippen MR) is 44.0 cm³/mol. The highest BCUT2D eigenvalue weighted by Gasteiger charge is 2.00. The van der Waals surface area contributed by atoms with Crippen molar-refractivity contribution < 1.29 is 5.11 Å². The molecule has 0 saturated carbocycles. The fourth-order valence-electron chi connectivity index (χ4n) is 0.975. The number of hydrogen-bond donors (Lipinski definition) is 0. The van der Waals surface area contributed by atoms with E-state index >= 15 is 0 Å². The molecule has 0 unspecified atom stereocenters.